The molecule has 2 rings (SSSR count). The van der Waals surface area contributed by atoms with Gasteiger partial charge < -0.3 is 15.7 Å². The molecular weight excluding hydrogens is 395 g/mol. The van der Waals surface area contributed by atoms with Crippen molar-refractivity contribution < 1.29 is 14.3 Å². The van der Waals surface area contributed by atoms with E-state index in [1.807, 2.05) is 0 Å². The molecule has 2 aromatic carbocycles. The fourth-order valence-corrected chi connectivity index (χ4v) is 2.30. The maximum absolute atomic E-state index is 13.4. The zero-order valence-electron chi connectivity index (χ0n) is 9.98. The maximum Gasteiger partial charge on any atom is 0.171 e. The summed E-state index contributed by atoms with van der Waals surface area (Å²) >= 11 is 6.37. The van der Waals surface area contributed by atoms with Crippen LogP contribution in [0.4, 0.5) is 4.39 Å². The lowest BCUT2D eigenvalue weighted by Crippen LogP contribution is -2.13. The zero-order chi connectivity index (χ0) is 14.7. The van der Waals surface area contributed by atoms with Gasteiger partial charge in [-0.2, -0.15) is 0 Å². The quantitative estimate of drug-likeness (QED) is 0.348. The van der Waals surface area contributed by atoms with E-state index in [0.717, 1.165) is 0 Å². The van der Waals surface area contributed by atoms with Crippen LogP contribution in [0, 0.1) is 5.82 Å². The summed E-state index contributed by atoms with van der Waals surface area (Å²) in [6.45, 7) is 0. The minimum absolute atomic E-state index is 0.0156. The third kappa shape index (κ3) is 3.29. The number of amidine groups is 1. The number of oxime groups is 1. The van der Waals surface area contributed by atoms with Crippen molar-refractivity contribution in [2.75, 3.05) is 0 Å². The zero-order valence-corrected chi connectivity index (χ0v) is 13.2. The monoisotopic (exact) mass is 402 g/mol. The molecule has 0 saturated carbocycles. The highest BCUT2D eigenvalue weighted by Crippen LogP contribution is 2.29. The second kappa shape index (κ2) is 6.23. The van der Waals surface area contributed by atoms with Crippen molar-refractivity contribution in [3.8, 4) is 11.5 Å². The topological polar surface area (TPSA) is 67.8 Å². The summed E-state index contributed by atoms with van der Waals surface area (Å²) in [7, 11) is 0. The molecule has 0 aliphatic rings. The van der Waals surface area contributed by atoms with Gasteiger partial charge in [-0.1, -0.05) is 5.16 Å². The standard InChI is InChI=1S/C13H9Br2FN2O2/c14-10-4-2-8(6-12(10)16)20-7-1-3-9(11(15)5-7)13(17)18-19/h1-6,19H,(H2,17,18). The summed E-state index contributed by atoms with van der Waals surface area (Å²) in [5.41, 5.74) is 6.04. The van der Waals surface area contributed by atoms with E-state index in [2.05, 4.69) is 37.0 Å². The number of ether oxygens (including phenoxy) is 1. The van der Waals surface area contributed by atoms with Crippen molar-refractivity contribution in [2.24, 2.45) is 10.9 Å². The van der Waals surface area contributed by atoms with Crippen molar-refractivity contribution in [1.29, 1.82) is 0 Å². The van der Waals surface area contributed by atoms with Crippen LogP contribution in [0.25, 0.3) is 0 Å². The number of nitrogens with two attached hydrogens (primary N) is 1. The van der Waals surface area contributed by atoms with Gasteiger partial charge in [-0.15, -0.1) is 0 Å². The Morgan fingerprint density at radius 3 is 2.35 bits per heavy atom. The SMILES string of the molecule is N/C(=N/O)c1ccc(Oc2ccc(Br)c(F)c2)cc1Br. The van der Waals surface area contributed by atoms with Crippen molar-refractivity contribution in [3.63, 3.8) is 0 Å². The van der Waals surface area contributed by atoms with Gasteiger partial charge in [-0.05, 0) is 62.2 Å². The minimum Gasteiger partial charge on any atom is -0.457 e. The lowest BCUT2D eigenvalue weighted by Gasteiger charge is -2.09. The summed E-state index contributed by atoms with van der Waals surface area (Å²) in [4.78, 5) is 0. The van der Waals surface area contributed by atoms with Crippen LogP contribution in [0.15, 0.2) is 50.5 Å². The summed E-state index contributed by atoms with van der Waals surface area (Å²) < 4.78 is 19.9. The molecule has 0 aromatic heterocycles. The van der Waals surface area contributed by atoms with E-state index in [-0.39, 0.29) is 5.84 Å². The van der Waals surface area contributed by atoms with Gasteiger partial charge in [0, 0.05) is 16.1 Å². The van der Waals surface area contributed by atoms with Crippen LogP contribution in [0.1, 0.15) is 5.56 Å². The number of hydrogen-bond acceptors (Lipinski definition) is 3. The van der Waals surface area contributed by atoms with Gasteiger partial charge in [0.05, 0.1) is 4.47 Å². The molecule has 0 radical (unpaired) electrons. The minimum atomic E-state index is -0.408. The van der Waals surface area contributed by atoms with Crippen LogP contribution in [-0.2, 0) is 0 Å². The fourth-order valence-electron chi connectivity index (χ4n) is 1.50. The molecule has 0 saturated heterocycles. The molecule has 0 aliphatic heterocycles. The normalized spacial score (nSPS) is 11.4. The first-order valence-electron chi connectivity index (χ1n) is 5.41. The van der Waals surface area contributed by atoms with Gasteiger partial charge in [0.2, 0.25) is 0 Å². The third-order valence-electron chi connectivity index (χ3n) is 2.45. The Hall–Kier alpha value is -1.60. The van der Waals surface area contributed by atoms with Gasteiger partial charge in [0.25, 0.3) is 0 Å². The molecule has 20 heavy (non-hydrogen) atoms. The molecule has 0 aliphatic carbocycles. The van der Waals surface area contributed by atoms with E-state index in [4.69, 9.17) is 15.7 Å². The van der Waals surface area contributed by atoms with E-state index in [0.29, 0.717) is 26.0 Å². The van der Waals surface area contributed by atoms with Crippen molar-refractivity contribution in [3.05, 3.63) is 56.7 Å². The van der Waals surface area contributed by atoms with E-state index in [9.17, 15) is 4.39 Å². The molecule has 0 heterocycles. The summed E-state index contributed by atoms with van der Waals surface area (Å²) in [5, 5.41) is 11.6. The first kappa shape index (κ1) is 14.8. The lowest BCUT2D eigenvalue weighted by molar-refractivity contribution is 0.318. The highest BCUT2D eigenvalue weighted by Gasteiger charge is 2.08. The molecule has 0 atom stereocenters. The average Bonchev–Trinajstić information content (AvgIpc) is 2.42. The van der Waals surface area contributed by atoms with E-state index >= 15 is 0 Å². The van der Waals surface area contributed by atoms with Crippen molar-refractivity contribution in [2.45, 2.75) is 0 Å². The van der Waals surface area contributed by atoms with E-state index < -0.39 is 5.82 Å². The van der Waals surface area contributed by atoms with Crippen LogP contribution in [0.5, 0.6) is 11.5 Å². The Balaban J connectivity index is 2.26. The fraction of sp³-hybridized carbons (Fsp3) is 0. The van der Waals surface area contributed by atoms with E-state index in [1.54, 1.807) is 30.3 Å². The predicted molar refractivity (Wildman–Crippen MR) is 80.8 cm³/mol. The van der Waals surface area contributed by atoms with Gasteiger partial charge in [0.15, 0.2) is 5.84 Å². The number of rotatable bonds is 3. The summed E-state index contributed by atoms with van der Waals surface area (Å²) in [6.07, 6.45) is 0. The molecule has 4 nitrogen and oxygen atoms in total. The smallest absolute Gasteiger partial charge is 0.171 e. The molecule has 0 unspecified atom stereocenters. The molecule has 0 bridgehead atoms. The van der Waals surface area contributed by atoms with Gasteiger partial charge in [-0.25, -0.2) is 4.39 Å². The van der Waals surface area contributed by atoms with E-state index in [1.165, 1.54) is 6.07 Å². The Bertz CT molecular complexity index is 677. The summed E-state index contributed by atoms with van der Waals surface area (Å²) in [5.74, 6) is 0.440. The Labute approximate surface area is 131 Å². The molecule has 104 valence electrons. The highest BCUT2D eigenvalue weighted by atomic mass is 79.9. The lowest BCUT2D eigenvalue weighted by atomic mass is 10.2. The second-order valence-corrected chi connectivity index (χ2v) is 5.51. The van der Waals surface area contributed by atoms with Crippen LogP contribution < -0.4 is 10.5 Å². The Kier molecular flexibility index (Phi) is 4.61. The Morgan fingerprint density at radius 1 is 1.10 bits per heavy atom. The Morgan fingerprint density at radius 2 is 1.75 bits per heavy atom. The number of hydrogen-bond donors (Lipinski definition) is 2. The van der Waals surface area contributed by atoms with Crippen molar-refractivity contribution >= 4 is 37.7 Å². The van der Waals surface area contributed by atoms with Crippen LogP contribution in [0.3, 0.4) is 0 Å². The number of nitrogens with zero attached hydrogens (tertiary/aromatic N) is 1. The number of benzene rings is 2. The van der Waals surface area contributed by atoms with Crippen LogP contribution in [0.2, 0.25) is 0 Å². The van der Waals surface area contributed by atoms with Crippen molar-refractivity contribution in [1.82, 2.24) is 0 Å². The molecule has 3 N–H and O–H groups in total. The number of halogens is 3. The predicted octanol–water partition coefficient (Wildman–Crippen LogP) is 4.24. The molecule has 0 fully saturated rings. The van der Waals surface area contributed by atoms with Gasteiger partial charge in [-0.3, -0.25) is 0 Å². The third-order valence-corrected chi connectivity index (χ3v) is 3.75. The average molecular weight is 404 g/mol. The first-order chi connectivity index (χ1) is 9.51. The second-order valence-electron chi connectivity index (χ2n) is 3.80. The molecular formula is C13H9Br2FN2O2. The molecule has 0 amide bonds. The molecule has 2 aromatic rings. The highest BCUT2D eigenvalue weighted by molar-refractivity contribution is 9.10. The van der Waals surface area contributed by atoms with Gasteiger partial charge >= 0.3 is 0 Å². The summed E-state index contributed by atoms with van der Waals surface area (Å²) in [6, 6.07) is 9.38. The molecule has 7 heteroatoms. The first-order valence-corrected chi connectivity index (χ1v) is 7.00. The van der Waals surface area contributed by atoms with Crippen LogP contribution in [-0.4, -0.2) is 11.0 Å². The molecule has 0 spiro atoms. The van der Waals surface area contributed by atoms with Gasteiger partial charge in [0.1, 0.15) is 17.3 Å². The maximum atomic E-state index is 13.4. The van der Waals surface area contributed by atoms with Crippen LogP contribution >= 0.6 is 31.9 Å². The largest absolute Gasteiger partial charge is 0.457 e.